The molecule has 5 rings (SSSR count). The van der Waals surface area contributed by atoms with Gasteiger partial charge in [-0.15, -0.1) is 0 Å². The fourth-order valence-electron chi connectivity index (χ4n) is 5.26. The van der Waals surface area contributed by atoms with E-state index in [0.717, 1.165) is 33.9 Å². The number of ether oxygens (including phenoxy) is 1. The minimum Gasteiger partial charge on any atom is -0.465 e. The summed E-state index contributed by atoms with van der Waals surface area (Å²) >= 11 is 0. The van der Waals surface area contributed by atoms with Crippen LogP contribution in [0, 0.1) is 0 Å². The molecular weight excluding hydrogens is 507 g/mol. The summed E-state index contributed by atoms with van der Waals surface area (Å²) in [4.78, 5) is 14.8. The zero-order chi connectivity index (χ0) is 26.4. The SMILES string of the molecule is CCOC(=O)[C@@H]1C=C(OS(=O)(=O)C(F)(F)F)CN1C1(c2ccccc2)c2ccccc2-c2ccccc21. The van der Waals surface area contributed by atoms with E-state index in [1.807, 2.05) is 78.9 Å². The Kier molecular flexibility index (Phi) is 6.12. The summed E-state index contributed by atoms with van der Waals surface area (Å²) in [5.41, 5.74) is -2.66. The highest BCUT2D eigenvalue weighted by molar-refractivity contribution is 7.87. The third-order valence-corrected chi connectivity index (χ3v) is 7.58. The molecule has 0 amide bonds. The Bertz CT molecular complexity index is 1440. The molecule has 0 N–H and O–H groups in total. The van der Waals surface area contributed by atoms with Crippen molar-refractivity contribution in [3.05, 3.63) is 107 Å². The van der Waals surface area contributed by atoms with Crippen molar-refractivity contribution < 1.29 is 35.3 Å². The van der Waals surface area contributed by atoms with Gasteiger partial charge in [0.1, 0.15) is 11.8 Å². The summed E-state index contributed by atoms with van der Waals surface area (Å²) in [6.45, 7) is 1.25. The number of nitrogens with zero attached hydrogens (tertiary/aromatic N) is 1. The van der Waals surface area contributed by atoms with Gasteiger partial charge in [0.2, 0.25) is 0 Å². The van der Waals surface area contributed by atoms with E-state index < -0.39 is 45.5 Å². The van der Waals surface area contributed by atoms with Crippen molar-refractivity contribution >= 4 is 16.1 Å². The number of esters is 1. The normalized spacial score (nSPS) is 18.6. The van der Waals surface area contributed by atoms with Crippen molar-refractivity contribution in [3.8, 4) is 11.1 Å². The third-order valence-electron chi connectivity index (χ3n) is 6.58. The van der Waals surface area contributed by atoms with E-state index >= 15 is 0 Å². The lowest BCUT2D eigenvalue weighted by atomic mass is 9.78. The molecule has 192 valence electrons. The van der Waals surface area contributed by atoms with Crippen LogP contribution in [0.15, 0.2) is 90.7 Å². The van der Waals surface area contributed by atoms with Gasteiger partial charge in [0.15, 0.2) is 0 Å². The van der Waals surface area contributed by atoms with E-state index in [1.165, 1.54) is 0 Å². The fraction of sp³-hybridized carbons (Fsp3) is 0.222. The molecule has 1 atom stereocenters. The summed E-state index contributed by atoms with van der Waals surface area (Å²) < 4.78 is 73.0. The van der Waals surface area contributed by atoms with Crippen LogP contribution in [0.2, 0.25) is 0 Å². The van der Waals surface area contributed by atoms with Crippen LogP contribution < -0.4 is 0 Å². The lowest BCUT2D eigenvalue weighted by Gasteiger charge is -2.43. The lowest BCUT2D eigenvalue weighted by Crippen LogP contribution is -2.52. The first-order chi connectivity index (χ1) is 17.6. The van der Waals surface area contributed by atoms with Gasteiger partial charge < -0.3 is 8.92 Å². The average Bonchev–Trinajstić information content (AvgIpc) is 3.41. The Balaban J connectivity index is 1.75. The van der Waals surface area contributed by atoms with Crippen LogP contribution in [0.25, 0.3) is 11.1 Å². The summed E-state index contributed by atoms with van der Waals surface area (Å²) in [5, 5.41) is 0. The van der Waals surface area contributed by atoms with Crippen molar-refractivity contribution in [1.82, 2.24) is 4.90 Å². The van der Waals surface area contributed by atoms with Gasteiger partial charge >= 0.3 is 21.6 Å². The van der Waals surface area contributed by atoms with E-state index in [4.69, 9.17) is 4.74 Å². The molecule has 1 aliphatic heterocycles. The number of benzene rings is 3. The van der Waals surface area contributed by atoms with E-state index in [-0.39, 0.29) is 6.61 Å². The maximum Gasteiger partial charge on any atom is 0.534 e. The molecule has 3 aromatic carbocycles. The van der Waals surface area contributed by atoms with E-state index in [0.29, 0.717) is 0 Å². The number of halogens is 3. The monoisotopic (exact) mass is 529 g/mol. The molecule has 1 aliphatic carbocycles. The number of rotatable bonds is 6. The second-order valence-electron chi connectivity index (χ2n) is 8.61. The molecule has 0 aromatic heterocycles. The topological polar surface area (TPSA) is 72.9 Å². The van der Waals surface area contributed by atoms with Crippen LogP contribution >= 0.6 is 0 Å². The first-order valence-corrected chi connectivity index (χ1v) is 12.9. The van der Waals surface area contributed by atoms with Gasteiger partial charge in [-0.25, -0.2) is 4.79 Å². The highest BCUT2D eigenvalue weighted by Crippen LogP contribution is 2.56. The van der Waals surface area contributed by atoms with Crippen LogP contribution in [-0.4, -0.2) is 44.0 Å². The Hall–Kier alpha value is -3.63. The number of alkyl halides is 3. The second kappa shape index (κ2) is 9.04. The van der Waals surface area contributed by atoms with Crippen molar-refractivity contribution in [2.75, 3.05) is 13.2 Å². The molecular formula is C27H22F3NO5S. The fourth-order valence-corrected chi connectivity index (χ4v) is 5.74. The van der Waals surface area contributed by atoms with Crippen LogP contribution in [0.4, 0.5) is 13.2 Å². The molecule has 0 radical (unpaired) electrons. The Labute approximate surface area is 212 Å². The summed E-state index contributed by atoms with van der Waals surface area (Å²) in [7, 11) is -5.94. The Morgan fingerprint density at radius 1 is 0.946 bits per heavy atom. The maximum absolute atomic E-state index is 13.2. The number of fused-ring (bicyclic) bond motifs is 3. The minimum absolute atomic E-state index is 0.0273. The Morgan fingerprint density at radius 2 is 1.49 bits per heavy atom. The van der Waals surface area contributed by atoms with Crippen molar-refractivity contribution in [3.63, 3.8) is 0 Å². The van der Waals surface area contributed by atoms with Crippen LogP contribution in [-0.2, 0) is 29.4 Å². The van der Waals surface area contributed by atoms with Gasteiger partial charge in [-0.2, -0.15) is 21.6 Å². The van der Waals surface area contributed by atoms with Gasteiger partial charge in [-0.05, 0) is 40.8 Å². The van der Waals surface area contributed by atoms with Crippen LogP contribution in [0.5, 0.6) is 0 Å². The lowest BCUT2D eigenvalue weighted by molar-refractivity contribution is -0.148. The number of carbonyl (C=O) groups is 1. The predicted molar refractivity (Wildman–Crippen MR) is 129 cm³/mol. The second-order valence-corrected chi connectivity index (χ2v) is 10.1. The zero-order valence-electron chi connectivity index (χ0n) is 19.6. The van der Waals surface area contributed by atoms with Crippen molar-refractivity contribution in [2.24, 2.45) is 0 Å². The minimum atomic E-state index is -5.94. The smallest absolute Gasteiger partial charge is 0.465 e. The van der Waals surface area contributed by atoms with Crippen LogP contribution in [0.1, 0.15) is 23.6 Å². The first kappa shape index (κ1) is 25.0. The molecule has 10 heteroatoms. The van der Waals surface area contributed by atoms with E-state index in [9.17, 15) is 26.4 Å². The molecule has 0 bridgehead atoms. The number of hydrogen-bond donors (Lipinski definition) is 0. The molecule has 3 aromatic rings. The molecule has 0 spiro atoms. The molecule has 6 nitrogen and oxygen atoms in total. The molecule has 1 heterocycles. The van der Waals surface area contributed by atoms with Crippen molar-refractivity contribution in [2.45, 2.75) is 24.0 Å². The van der Waals surface area contributed by atoms with Gasteiger partial charge in [-0.1, -0.05) is 78.9 Å². The first-order valence-electron chi connectivity index (χ1n) is 11.5. The average molecular weight is 530 g/mol. The standard InChI is InChI=1S/C27H22F3NO5S/c1-2-35-25(32)24-16-19(36-37(33,34)27(28,29)30)17-31(24)26(18-10-4-3-5-11-18)22-14-8-6-12-20(22)21-13-7-9-15-23(21)26/h3-16,24H,2,17H2,1H3/t24-/m0/s1. The Morgan fingerprint density at radius 3 is 2.03 bits per heavy atom. The van der Waals surface area contributed by atoms with E-state index in [1.54, 1.807) is 11.8 Å². The molecule has 37 heavy (non-hydrogen) atoms. The van der Waals surface area contributed by atoms with Gasteiger partial charge in [0, 0.05) is 0 Å². The maximum atomic E-state index is 13.2. The van der Waals surface area contributed by atoms with E-state index in [2.05, 4.69) is 4.18 Å². The van der Waals surface area contributed by atoms with Gasteiger partial charge in [0.05, 0.1) is 18.7 Å². The highest BCUT2D eigenvalue weighted by atomic mass is 32.2. The number of hydrogen-bond acceptors (Lipinski definition) is 6. The molecule has 0 saturated carbocycles. The molecule has 0 fully saturated rings. The summed E-state index contributed by atoms with van der Waals surface area (Å²) in [5.74, 6) is -1.24. The van der Waals surface area contributed by atoms with Crippen LogP contribution in [0.3, 0.4) is 0 Å². The van der Waals surface area contributed by atoms with Gasteiger partial charge in [0.25, 0.3) is 0 Å². The predicted octanol–water partition coefficient (Wildman–Crippen LogP) is 4.96. The summed E-state index contributed by atoms with van der Waals surface area (Å²) in [6.07, 6.45) is 1.09. The highest BCUT2D eigenvalue weighted by Gasteiger charge is 2.56. The van der Waals surface area contributed by atoms with Gasteiger partial charge in [-0.3, -0.25) is 4.90 Å². The zero-order valence-corrected chi connectivity index (χ0v) is 20.4. The quantitative estimate of drug-likeness (QED) is 0.256. The molecule has 0 unspecified atom stereocenters. The largest absolute Gasteiger partial charge is 0.534 e. The van der Waals surface area contributed by atoms with Crippen molar-refractivity contribution in [1.29, 1.82) is 0 Å². The number of carbonyl (C=O) groups excluding carboxylic acids is 1. The third kappa shape index (κ3) is 3.91. The summed E-state index contributed by atoms with van der Waals surface area (Å²) in [6, 6.07) is 23.1. The molecule has 0 saturated heterocycles. The molecule has 2 aliphatic rings.